The smallest absolute Gasteiger partial charge is 0.266 e. The second-order valence-corrected chi connectivity index (χ2v) is 10.2. The SMILES string of the molecule is C#CCn1c(=NC(=O)C2CCCN2S(=O)(=O)c2ccc(OC)cc2)sc2cc(F)cc(F)c21. The van der Waals surface area contributed by atoms with Gasteiger partial charge in [-0.25, -0.2) is 17.2 Å². The van der Waals surface area contributed by atoms with Gasteiger partial charge in [-0.15, -0.1) is 6.42 Å². The molecule has 172 valence electrons. The van der Waals surface area contributed by atoms with Crippen molar-refractivity contribution in [3.63, 3.8) is 0 Å². The molecule has 0 radical (unpaired) electrons. The van der Waals surface area contributed by atoms with Gasteiger partial charge in [-0.05, 0) is 43.2 Å². The van der Waals surface area contributed by atoms with E-state index in [4.69, 9.17) is 11.2 Å². The van der Waals surface area contributed by atoms with Gasteiger partial charge in [0.05, 0.1) is 28.8 Å². The summed E-state index contributed by atoms with van der Waals surface area (Å²) in [6.07, 6.45) is 6.17. The number of methoxy groups -OCH3 is 1. The van der Waals surface area contributed by atoms with Gasteiger partial charge in [0.2, 0.25) is 10.0 Å². The van der Waals surface area contributed by atoms with E-state index < -0.39 is 33.6 Å². The van der Waals surface area contributed by atoms with Crippen molar-refractivity contribution >= 4 is 37.5 Å². The molecule has 0 spiro atoms. The number of carbonyl (C=O) groups is 1. The molecule has 33 heavy (non-hydrogen) atoms. The van der Waals surface area contributed by atoms with Gasteiger partial charge in [-0.1, -0.05) is 17.3 Å². The first-order valence-electron chi connectivity index (χ1n) is 9.92. The van der Waals surface area contributed by atoms with Crippen LogP contribution in [0.2, 0.25) is 0 Å². The molecule has 1 fully saturated rings. The van der Waals surface area contributed by atoms with Crippen molar-refractivity contribution in [3.05, 3.63) is 52.8 Å². The van der Waals surface area contributed by atoms with Crippen LogP contribution in [-0.2, 0) is 21.4 Å². The molecule has 1 aliphatic heterocycles. The van der Waals surface area contributed by atoms with Crippen LogP contribution in [0.1, 0.15) is 12.8 Å². The highest BCUT2D eigenvalue weighted by Crippen LogP contribution is 2.28. The van der Waals surface area contributed by atoms with E-state index in [2.05, 4.69) is 10.9 Å². The molecule has 1 amide bonds. The zero-order chi connectivity index (χ0) is 23.8. The number of terminal acetylenes is 1. The molecule has 0 N–H and O–H groups in total. The van der Waals surface area contributed by atoms with Crippen LogP contribution in [0, 0.1) is 24.0 Å². The Hall–Kier alpha value is -3.07. The van der Waals surface area contributed by atoms with Gasteiger partial charge in [-0.3, -0.25) is 4.79 Å². The zero-order valence-electron chi connectivity index (χ0n) is 17.5. The third-order valence-corrected chi connectivity index (χ3v) is 8.25. The predicted octanol–water partition coefficient (Wildman–Crippen LogP) is 2.90. The minimum absolute atomic E-state index is 0.0322. The fraction of sp³-hybridized carbons (Fsp3) is 0.273. The lowest BCUT2D eigenvalue weighted by atomic mass is 10.2. The Kier molecular flexibility index (Phi) is 6.34. The molecule has 1 atom stereocenters. The summed E-state index contributed by atoms with van der Waals surface area (Å²) in [4.78, 5) is 17.3. The average Bonchev–Trinajstić information content (AvgIpc) is 3.40. The number of halogens is 2. The van der Waals surface area contributed by atoms with Crippen LogP contribution in [0.25, 0.3) is 10.2 Å². The van der Waals surface area contributed by atoms with Crippen LogP contribution < -0.4 is 9.54 Å². The lowest BCUT2D eigenvalue weighted by Gasteiger charge is -2.21. The Morgan fingerprint density at radius 1 is 1.30 bits per heavy atom. The average molecular weight is 492 g/mol. The molecule has 2 heterocycles. The molecular formula is C22H19F2N3O4S2. The van der Waals surface area contributed by atoms with Crippen LogP contribution in [0.4, 0.5) is 8.78 Å². The molecule has 2 aromatic carbocycles. The molecule has 1 aromatic heterocycles. The Balaban J connectivity index is 1.73. The number of hydrogen-bond donors (Lipinski definition) is 0. The number of nitrogens with zero attached hydrogens (tertiary/aromatic N) is 3. The molecule has 7 nitrogen and oxygen atoms in total. The molecule has 4 rings (SSSR count). The lowest BCUT2D eigenvalue weighted by molar-refractivity contribution is -0.121. The molecule has 0 aliphatic carbocycles. The Morgan fingerprint density at radius 3 is 2.70 bits per heavy atom. The first kappa shape index (κ1) is 23.1. The number of ether oxygens (including phenoxy) is 1. The standard InChI is InChI=1S/C22H19F2N3O4S2/c1-3-10-26-20-17(24)12-14(23)13-19(20)32-22(26)25-21(28)18-5-4-11-27(18)33(29,30)16-8-6-15(31-2)7-9-16/h1,6-9,12-13,18H,4-5,10-11H2,2H3. The van der Waals surface area contributed by atoms with Crippen molar-refractivity contribution in [2.75, 3.05) is 13.7 Å². The van der Waals surface area contributed by atoms with E-state index in [1.165, 1.54) is 35.9 Å². The second kappa shape index (κ2) is 9.05. The van der Waals surface area contributed by atoms with Gasteiger partial charge < -0.3 is 9.30 Å². The van der Waals surface area contributed by atoms with Crippen LogP contribution in [0.15, 0.2) is 46.3 Å². The number of thiazole rings is 1. The van der Waals surface area contributed by atoms with E-state index in [9.17, 15) is 22.0 Å². The van der Waals surface area contributed by atoms with Crippen molar-refractivity contribution in [3.8, 4) is 18.1 Å². The maximum atomic E-state index is 14.4. The zero-order valence-corrected chi connectivity index (χ0v) is 19.1. The van der Waals surface area contributed by atoms with E-state index in [1.807, 2.05) is 0 Å². The van der Waals surface area contributed by atoms with Crippen LogP contribution in [-0.4, -0.2) is 42.9 Å². The summed E-state index contributed by atoms with van der Waals surface area (Å²) < 4.78 is 62.1. The van der Waals surface area contributed by atoms with Gasteiger partial charge >= 0.3 is 0 Å². The van der Waals surface area contributed by atoms with E-state index in [1.54, 1.807) is 0 Å². The topological polar surface area (TPSA) is 81.0 Å². The van der Waals surface area contributed by atoms with Crippen LogP contribution in [0.5, 0.6) is 5.75 Å². The number of benzene rings is 2. The fourth-order valence-electron chi connectivity index (χ4n) is 3.78. The highest BCUT2D eigenvalue weighted by Gasteiger charge is 2.39. The summed E-state index contributed by atoms with van der Waals surface area (Å²) in [5.74, 6) is 0.596. The molecule has 11 heteroatoms. The van der Waals surface area contributed by atoms with Crippen molar-refractivity contribution in [2.45, 2.75) is 30.3 Å². The van der Waals surface area contributed by atoms with Gasteiger partial charge in [0, 0.05) is 12.6 Å². The number of amides is 1. The van der Waals surface area contributed by atoms with Gasteiger partial charge in [0.15, 0.2) is 10.6 Å². The molecule has 0 bridgehead atoms. The minimum Gasteiger partial charge on any atom is -0.497 e. The molecule has 1 aliphatic rings. The molecular weight excluding hydrogens is 472 g/mol. The molecule has 1 unspecified atom stereocenters. The summed E-state index contributed by atoms with van der Waals surface area (Å²) in [5.41, 5.74) is 0.0417. The number of rotatable bonds is 5. The van der Waals surface area contributed by atoms with Crippen LogP contribution in [0.3, 0.4) is 0 Å². The molecule has 3 aromatic rings. The summed E-state index contributed by atoms with van der Waals surface area (Å²) in [6, 6.07) is 6.73. The normalized spacial score (nSPS) is 17.4. The summed E-state index contributed by atoms with van der Waals surface area (Å²) in [7, 11) is -2.48. The Bertz CT molecular complexity index is 1440. The quantitative estimate of drug-likeness (QED) is 0.514. The first-order chi connectivity index (χ1) is 15.8. The minimum atomic E-state index is -3.96. The monoisotopic (exact) mass is 491 g/mol. The molecule has 1 saturated heterocycles. The molecule has 0 saturated carbocycles. The van der Waals surface area contributed by atoms with Crippen molar-refractivity contribution in [2.24, 2.45) is 4.99 Å². The van der Waals surface area contributed by atoms with Crippen LogP contribution >= 0.6 is 11.3 Å². The first-order valence-corrected chi connectivity index (χ1v) is 12.2. The number of sulfonamides is 1. The van der Waals surface area contributed by atoms with Gasteiger partial charge in [0.1, 0.15) is 17.6 Å². The van der Waals surface area contributed by atoms with E-state index in [0.717, 1.165) is 27.8 Å². The summed E-state index contributed by atoms with van der Waals surface area (Å²) in [6.45, 7) is 0.0735. The number of hydrogen-bond acceptors (Lipinski definition) is 5. The van der Waals surface area contributed by atoms with Gasteiger partial charge in [0.25, 0.3) is 5.91 Å². The number of carbonyl (C=O) groups excluding carboxylic acids is 1. The maximum absolute atomic E-state index is 14.4. The maximum Gasteiger partial charge on any atom is 0.266 e. The Labute approximate surface area is 193 Å². The largest absolute Gasteiger partial charge is 0.497 e. The third kappa shape index (κ3) is 4.29. The van der Waals surface area contributed by atoms with Gasteiger partial charge in [-0.2, -0.15) is 9.30 Å². The summed E-state index contributed by atoms with van der Waals surface area (Å²) >= 11 is 0.907. The van der Waals surface area contributed by atoms with E-state index in [0.29, 0.717) is 18.6 Å². The third-order valence-electron chi connectivity index (χ3n) is 5.31. The highest BCUT2D eigenvalue weighted by molar-refractivity contribution is 7.89. The lowest BCUT2D eigenvalue weighted by Crippen LogP contribution is -2.40. The Morgan fingerprint density at radius 2 is 2.03 bits per heavy atom. The van der Waals surface area contributed by atoms with Crippen molar-refractivity contribution in [1.82, 2.24) is 8.87 Å². The van der Waals surface area contributed by atoms with Crippen molar-refractivity contribution in [1.29, 1.82) is 0 Å². The predicted molar refractivity (Wildman–Crippen MR) is 119 cm³/mol. The second-order valence-electron chi connectivity index (χ2n) is 7.31. The fourth-order valence-corrected chi connectivity index (χ4v) is 6.50. The number of aromatic nitrogens is 1. The van der Waals surface area contributed by atoms with E-state index >= 15 is 0 Å². The van der Waals surface area contributed by atoms with E-state index in [-0.39, 0.29) is 33.0 Å². The number of fused-ring (bicyclic) bond motifs is 1. The highest BCUT2D eigenvalue weighted by atomic mass is 32.2. The summed E-state index contributed by atoms with van der Waals surface area (Å²) in [5, 5.41) is 0. The van der Waals surface area contributed by atoms with Crippen molar-refractivity contribution < 1.29 is 26.7 Å².